The zero-order valence-electron chi connectivity index (χ0n) is 21.4. The first kappa shape index (κ1) is 25.4. The molecule has 0 aromatic carbocycles. The number of hydrogen-bond acceptors (Lipinski definition) is 7. The molecule has 2 aliphatic carbocycles. The summed E-state index contributed by atoms with van der Waals surface area (Å²) in [5.74, 6) is -0.0788. The van der Waals surface area contributed by atoms with Crippen molar-refractivity contribution >= 4 is 22.0 Å². The van der Waals surface area contributed by atoms with Gasteiger partial charge < -0.3 is 9.80 Å². The van der Waals surface area contributed by atoms with Gasteiger partial charge in [0.25, 0.3) is 0 Å². The standard InChI is InChI=1S/C24H42N6O4S/c1-24(8-9-24)26-35(33,34)19-6-7-21-20(11-19)22(31)30(16-18-12-25-28(3)14-18)23(32)29(21)15-17-5-4-10-27(2)13-17/h17-21,25-26H,4-16H2,1-3H3. The number of rotatable bonds is 7. The van der Waals surface area contributed by atoms with Gasteiger partial charge in [-0.15, -0.1) is 0 Å². The first-order chi connectivity index (χ1) is 16.5. The summed E-state index contributed by atoms with van der Waals surface area (Å²) < 4.78 is 29.3. The maximum absolute atomic E-state index is 13.7. The van der Waals surface area contributed by atoms with Crippen LogP contribution in [0.5, 0.6) is 0 Å². The minimum Gasteiger partial charge on any atom is -0.320 e. The van der Waals surface area contributed by atoms with Gasteiger partial charge in [0.15, 0.2) is 0 Å². The van der Waals surface area contributed by atoms with Crippen molar-refractivity contribution in [3.8, 4) is 0 Å². The molecule has 5 atom stereocenters. The smallest absolute Gasteiger partial charge is 0.320 e. The Kier molecular flexibility index (Phi) is 6.93. The Bertz CT molecular complexity index is 940. The average Bonchev–Trinajstić information content (AvgIpc) is 3.37. The number of hydrazine groups is 1. The molecule has 5 rings (SSSR count). The number of amides is 3. The van der Waals surface area contributed by atoms with E-state index in [9.17, 15) is 18.0 Å². The van der Waals surface area contributed by atoms with Gasteiger partial charge in [0.05, 0.1) is 11.2 Å². The monoisotopic (exact) mass is 510 g/mol. The molecule has 0 aromatic rings. The number of nitrogens with zero attached hydrogens (tertiary/aromatic N) is 4. The highest BCUT2D eigenvalue weighted by Gasteiger charge is 2.52. The number of urea groups is 1. The molecule has 0 bridgehead atoms. The molecule has 5 aliphatic rings. The number of carbonyl (C=O) groups is 2. The van der Waals surface area contributed by atoms with Gasteiger partial charge in [-0.25, -0.2) is 22.9 Å². The Hall–Kier alpha value is -1.27. The Labute approximate surface area is 209 Å². The van der Waals surface area contributed by atoms with Crippen LogP contribution < -0.4 is 10.1 Å². The van der Waals surface area contributed by atoms with Crippen molar-refractivity contribution in [1.82, 2.24) is 29.9 Å². The summed E-state index contributed by atoms with van der Waals surface area (Å²) in [6.07, 6.45) is 5.27. The van der Waals surface area contributed by atoms with Gasteiger partial charge >= 0.3 is 6.03 Å². The molecule has 35 heavy (non-hydrogen) atoms. The molecular formula is C24H42N6O4S. The zero-order valence-corrected chi connectivity index (χ0v) is 22.2. The first-order valence-electron chi connectivity index (χ1n) is 13.3. The van der Waals surface area contributed by atoms with Crippen molar-refractivity contribution in [2.24, 2.45) is 17.8 Å². The predicted octanol–water partition coefficient (Wildman–Crippen LogP) is 0.668. The van der Waals surface area contributed by atoms with E-state index >= 15 is 0 Å². The van der Waals surface area contributed by atoms with Gasteiger partial charge in [0.2, 0.25) is 15.9 Å². The fourth-order valence-electron chi connectivity index (χ4n) is 6.61. The minimum absolute atomic E-state index is 0.173. The fraction of sp³-hybridized carbons (Fsp3) is 0.917. The number of piperidine rings is 1. The zero-order chi connectivity index (χ0) is 25.0. The van der Waals surface area contributed by atoms with E-state index in [-0.39, 0.29) is 29.4 Å². The van der Waals surface area contributed by atoms with E-state index in [4.69, 9.17) is 0 Å². The van der Waals surface area contributed by atoms with Crippen molar-refractivity contribution < 1.29 is 18.0 Å². The number of imide groups is 1. The van der Waals surface area contributed by atoms with E-state index in [0.29, 0.717) is 38.3 Å². The highest BCUT2D eigenvalue weighted by atomic mass is 32.2. The number of fused-ring (bicyclic) bond motifs is 1. The summed E-state index contributed by atoms with van der Waals surface area (Å²) in [5.41, 5.74) is 2.93. The van der Waals surface area contributed by atoms with E-state index < -0.39 is 21.2 Å². The Morgan fingerprint density at radius 1 is 1.06 bits per heavy atom. The lowest BCUT2D eigenvalue weighted by molar-refractivity contribution is -0.141. The van der Waals surface area contributed by atoms with E-state index in [1.165, 1.54) is 4.90 Å². The third kappa shape index (κ3) is 5.39. The molecule has 2 saturated carbocycles. The van der Waals surface area contributed by atoms with Crippen LogP contribution in [0, 0.1) is 17.8 Å². The second-order valence-corrected chi connectivity index (χ2v) is 14.0. The van der Waals surface area contributed by atoms with Crippen molar-refractivity contribution in [1.29, 1.82) is 0 Å². The maximum Gasteiger partial charge on any atom is 0.326 e. The average molecular weight is 511 g/mol. The van der Waals surface area contributed by atoms with E-state index in [1.807, 2.05) is 23.9 Å². The molecule has 11 heteroatoms. The van der Waals surface area contributed by atoms with Crippen LogP contribution in [0.1, 0.15) is 51.9 Å². The highest BCUT2D eigenvalue weighted by Crippen LogP contribution is 2.40. The van der Waals surface area contributed by atoms with Gasteiger partial charge in [0, 0.05) is 57.3 Å². The molecular weight excluding hydrogens is 468 g/mol. The molecule has 3 amide bonds. The Morgan fingerprint density at radius 2 is 1.83 bits per heavy atom. The quantitative estimate of drug-likeness (QED) is 0.519. The molecule has 0 radical (unpaired) electrons. The van der Waals surface area contributed by atoms with E-state index in [1.54, 1.807) is 0 Å². The second kappa shape index (κ2) is 9.55. The lowest BCUT2D eigenvalue weighted by atomic mass is 9.80. The predicted molar refractivity (Wildman–Crippen MR) is 133 cm³/mol. The van der Waals surface area contributed by atoms with Crippen LogP contribution in [0.15, 0.2) is 0 Å². The summed E-state index contributed by atoms with van der Waals surface area (Å²) in [7, 11) is 0.572. The SMILES string of the molecule is CN1CCCC(CN2C(=O)N(CC3CNN(C)C3)C(=O)C3CC(S(=O)(=O)NC4(C)CC4)CCC32)C1. The van der Waals surface area contributed by atoms with Crippen molar-refractivity contribution in [2.45, 2.75) is 68.7 Å². The van der Waals surface area contributed by atoms with Crippen molar-refractivity contribution in [2.75, 3.05) is 53.4 Å². The summed E-state index contributed by atoms with van der Waals surface area (Å²) in [6.45, 7) is 6.50. The molecule has 5 fully saturated rings. The van der Waals surface area contributed by atoms with Crippen LogP contribution >= 0.6 is 0 Å². The lowest BCUT2D eigenvalue weighted by Gasteiger charge is -2.49. The minimum atomic E-state index is -3.51. The molecule has 3 heterocycles. The summed E-state index contributed by atoms with van der Waals surface area (Å²) in [4.78, 5) is 33.2. The van der Waals surface area contributed by atoms with E-state index in [2.05, 4.69) is 22.1 Å². The number of carbonyl (C=O) groups excluding carboxylic acids is 2. The van der Waals surface area contributed by atoms with Crippen LogP contribution in [0.2, 0.25) is 0 Å². The van der Waals surface area contributed by atoms with Crippen LogP contribution in [0.4, 0.5) is 4.79 Å². The van der Waals surface area contributed by atoms with Crippen molar-refractivity contribution in [3.05, 3.63) is 0 Å². The summed E-state index contributed by atoms with van der Waals surface area (Å²) >= 11 is 0. The van der Waals surface area contributed by atoms with Crippen LogP contribution in [0.25, 0.3) is 0 Å². The fourth-order valence-corrected chi connectivity index (χ4v) is 8.57. The maximum atomic E-state index is 13.7. The number of sulfonamides is 1. The lowest BCUT2D eigenvalue weighted by Crippen LogP contribution is -2.65. The number of hydrogen-bond donors (Lipinski definition) is 2. The Morgan fingerprint density at radius 3 is 2.49 bits per heavy atom. The van der Waals surface area contributed by atoms with Gasteiger partial charge in [-0.3, -0.25) is 15.1 Å². The van der Waals surface area contributed by atoms with Gasteiger partial charge in [-0.2, -0.15) is 0 Å². The molecule has 2 N–H and O–H groups in total. The third-order valence-corrected chi connectivity index (χ3v) is 10.9. The summed E-state index contributed by atoms with van der Waals surface area (Å²) in [5, 5.41) is 1.41. The highest BCUT2D eigenvalue weighted by molar-refractivity contribution is 7.90. The van der Waals surface area contributed by atoms with Gasteiger partial charge in [-0.05, 0) is 71.4 Å². The molecule has 5 unspecified atom stereocenters. The second-order valence-electron chi connectivity index (χ2n) is 12.1. The largest absolute Gasteiger partial charge is 0.326 e. The van der Waals surface area contributed by atoms with Crippen molar-refractivity contribution in [3.63, 3.8) is 0 Å². The molecule has 0 spiro atoms. The molecule has 3 saturated heterocycles. The first-order valence-corrected chi connectivity index (χ1v) is 14.9. The number of nitrogens with one attached hydrogen (secondary N) is 2. The topological polar surface area (TPSA) is 105 Å². The van der Waals surface area contributed by atoms with Crippen LogP contribution in [-0.2, 0) is 14.8 Å². The molecule has 0 aromatic heterocycles. The summed E-state index contributed by atoms with van der Waals surface area (Å²) in [6, 6.07) is -0.380. The Balaban J connectivity index is 1.36. The van der Waals surface area contributed by atoms with Gasteiger partial charge in [-0.1, -0.05) is 0 Å². The molecule has 10 nitrogen and oxygen atoms in total. The van der Waals surface area contributed by atoms with Crippen LogP contribution in [-0.4, -0.2) is 110 Å². The van der Waals surface area contributed by atoms with E-state index in [0.717, 1.165) is 51.9 Å². The molecule has 3 aliphatic heterocycles. The van der Waals surface area contributed by atoms with Gasteiger partial charge in [0.1, 0.15) is 0 Å². The number of likely N-dealkylation sites (tertiary alicyclic amines) is 1. The normalized spacial score (nSPS) is 36.5. The molecule has 198 valence electrons. The third-order valence-electron chi connectivity index (χ3n) is 8.85. The van der Waals surface area contributed by atoms with Crippen LogP contribution in [0.3, 0.4) is 0 Å².